The molecule has 1 aromatic heterocycles. The Hall–Kier alpha value is -3.46. The number of aromatic hydroxyl groups is 1. The molecular formula is C26H33Cl2N11O2. The number of rotatable bonds is 6. The van der Waals surface area contributed by atoms with Crippen molar-refractivity contribution < 1.29 is 9.90 Å². The highest BCUT2D eigenvalue weighted by Gasteiger charge is 2.29. The average molecular weight is 603 g/mol. The van der Waals surface area contributed by atoms with Gasteiger partial charge in [0.1, 0.15) is 5.75 Å². The van der Waals surface area contributed by atoms with Crippen LogP contribution < -0.4 is 42.5 Å². The maximum Gasteiger partial charge on any atom is 0.276 e. The number of amides is 1. The molecule has 2 saturated heterocycles. The number of hydrogen-bond acceptors (Lipinski definition) is 12. The molecular weight excluding hydrogens is 569 g/mol. The maximum atomic E-state index is 13.0. The number of nitrogens with one attached hydrogen (secondary N) is 1. The molecule has 0 bridgehead atoms. The number of aromatic nitrogens is 3. The first-order valence-corrected chi connectivity index (χ1v) is 13.9. The predicted molar refractivity (Wildman–Crippen MR) is 161 cm³/mol. The molecule has 4 atom stereocenters. The summed E-state index contributed by atoms with van der Waals surface area (Å²) in [4.78, 5) is 30.8. The lowest BCUT2D eigenvalue weighted by atomic mass is 10.0. The highest BCUT2D eigenvalue weighted by Crippen LogP contribution is 2.29. The molecule has 0 radical (unpaired) electrons. The minimum atomic E-state index is -0.613. The predicted octanol–water partition coefficient (Wildman–Crippen LogP) is 1.50. The van der Waals surface area contributed by atoms with Crippen LogP contribution in [0.15, 0.2) is 42.5 Å². The topological polar surface area (TPSA) is 202 Å². The van der Waals surface area contributed by atoms with Gasteiger partial charge in [0.2, 0.25) is 17.8 Å². The van der Waals surface area contributed by atoms with Gasteiger partial charge in [0, 0.05) is 78.9 Å². The number of phenols is 1. The molecule has 2 aliphatic heterocycles. The molecule has 218 valence electrons. The first-order valence-electron chi connectivity index (χ1n) is 13.2. The smallest absolute Gasteiger partial charge is 0.276 e. The van der Waals surface area contributed by atoms with Crippen LogP contribution in [0.1, 0.15) is 23.2 Å². The largest absolute Gasteiger partial charge is 0.507 e. The van der Waals surface area contributed by atoms with Crippen molar-refractivity contribution in [1.29, 1.82) is 0 Å². The summed E-state index contributed by atoms with van der Waals surface area (Å²) in [6, 6.07) is 10.4. The first kappa shape index (κ1) is 29.0. The molecule has 41 heavy (non-hydrogen) atoms. The molecule has 15 heteroatoms. The van der Waals surface area contributed by atoms with Gasteiger partial charge in [-0.2, -0.15) is 15.0 Å². The van der Waals surface area contributed by atoms with Crippen LogP contribution in [-0.4, -0.2) is 76.3 Å². The number of phenolic OH excluding ortho intramolecular Hbond substituents is 1. The van der Waals surface area contributed by atoms with Crippen LogP contribution in [0.5, 0.6) is 5.75 Å². The lowest BCUT2D eigenvalue weighted by Crippen LogP contribution is -2.54. The summed E-state index contributed by atoms with van der Waals surface area (Å²) in [6.07, 6.45) is 1.41. The van der Waals surface area contributed by atoms with Gasteiger partial charge in [0.05, 0.1) is 11.3 Å². The van der Waals surface area contributed by atoms with Gasteiger partial charge >= 0.3 is 0 Å². The van der Waals surface area contributed by atoms with Gasteiger partial charge in [-0.1, -0.05) is 11.6 Å². The highest BCUT2D eigenvalue weighted by atomic mass is 35.5. The third kappa shape index (κ3) is 6.89. The fourth-order valence-electron chi connectivity index (χ4n) is 5.09. The monoisotopic (exact) mass is 601 g/mol. The van der Waals surface area contributed by atoms with Crippen molar-refractivity contribution in [1.82, 2.24) is 15.0 Å². The maximum absolute atomic E-state index is 13.0. The van der Waals surface area contributed by atoms with Gasteiger partial charge in [-0.05, 0) is 49.2 Å². The van der Waals surface area contributed by atoms with Crippen molar-refractivity contribution in [3.63, 3.8) is 0 Å². The molecule has 0 saturated carbocycles. The van der Waals surface area contributed by atoms with Gasteiger partial charge in [-0.25, -0.2) is 4.42 Å². The molecule has 0 unspecified atom stereocenters. The van der Waals surface area contributed by atoms with Crippen molar-refractivity contribution in [2.24, 2.45) is 22.9 Å². The molecule has 13 nitrogen and oxygen atoms in total. The molecule has 2 aliphatic rings. The Balaban J connectivity index is 1.41. The molecule has 1 amide bonds. The normalized spacial score (nSPS) is 22.9. The Bertz CT molecular complexity index is 1330. The SMILES string of the molecule is N[C@@H]1C[C@H](N)CN(c2nc(Nc3ccc(C(=O)N(Cl)c4ccc(Cl)cc4)c(O)c3)nc(N3C[C@H](N)C[C@H](N)C3)n2)C1. The quantitative estimate of drug-likeness (QED) is 0.222. The molecule has 5 rings (SSSR count). The second-order valence-electron chi connectivity index (χ2n) is 10.5. The number of anilines is 5. The zero-order valence-corrected chi connectivity index (χ0v) is 23.7. The van der Waals surface area contributed by atoms with Gasteiger partial charge in [0.25, 0.3) is 5.91 Å². The van der Waals surface area contributed by atoms with Crippen molar-refractivity contribution in [3.8, 4) is 5.75 Å². The number of carbonyl (C=O) groups excluding carboxylic acids is 1. The summed E-state index contributed by atoms with van der Waals surface area (Å²) in [7, 11) is 0. The zero-order valence-electron chi connectivity index (χ0n) is 22.2. The highest BCUT2D eigenvalue weighted by molar-refractivity contribution is 6.39. The summed E-state index contributed by atoms with van der Waals surface area (Å²) in [5.41, 5.74) is 25.8. The number of benzene rings is 2. The lowest BCUT2D eigenvalue weighted by molar-refractivity contribution is 0.100. The molecule has 0 aliphatic carbocycles. The number of nitrogens with two attached hydrogens (primary N) is 4. The van der Waals surface area contributed by atoms with E-state index in [2.05, 4.69) is 15.3 Å². The van der Waals surface area contributed by atoms with E-state index in [1.54, 1.807) is 30.3 Å². The standard InChI is InChI=1S/C26H33Cl2N11O2/c27-14-1-4-20(5-2-14)39(28)23(41)21-6-3-19(9-22(21)40)33-24-34-25(37-10-15(29)7-16(30)11-37)36-26(35-24)38-12-17(31)8-18(32)13-38/h1-6,9,15-18,40H,7-8,10-13,29-32H2,(H,33,34,35,36)/t15-,16+,17-,18+. The molecule has 10 N–H and O–H groups in total. The summed E-state index contributed by atoms with van der Waals surface area (Å²) in [5, 5.41) is 14.3. The Labute approximate surface area is 247 Å². The van der Waals surface area contributed by atoms with E-state index in [-0.39, 0.29) is 41.4 Å². The van der Waals surface area contributed by atoms with Crippen LogP contribution in [0, 0.1) is 0 Å². The minimum absolute atomic E-state index is 0.00473. The van der Waals surface area contributed by atoms with E-state index in [9.17, 15) is 9.90 Å². The van der Waals surface area contributed by atoms with Crippen LogP contribution >= 0.6 is 23.4 Å². The molecule has 2 aromatic carbocycles. The van der Waals surface area contributed by atoms with Crippen LogP contribution in [-0.2, 0) is 0 Å². The number of nitrogens with zero attached hydrogens (tertiary/aromatic N) is 6. The third-order valence-electron chi connectivity index (χ3n) is 6.92. The number of piperidine rings is 2. The second kappa shape index (κ2) is 12.2. The Morgan fingerprint density at radius 3 is 1.85 bits per heavy atom. The Morgan fingerprint density at radius 1 is 0.854 bits per heavy atom. The van der Waals surface area contributed by atoms with E-state index in [1.165, 1.54) is 12.1 Å². The number of carbonyl (C=O) groups is 1. The minimum Gasteiger partial charge on any atom is -0.507 e. The van der Waals surface area contributed by atoms with Crippen LogP contribution in [0.4, 0.5) is 29.2 Å². The van der Waals surface area contributed by atoms with E-state index in [1.807, 2.05) is 9.80 Å². The van der Waals surface area contributed by atoms with Gasteiger partial charge < -0.3 is 43.2 Å². The summed E-state index contributed by atoms with van der Waals surface area (Å²) < 4.78 is 0.908. The van der Waals surface area contributed by atoms with E-state index in [0.29, 0.717) is 67.3 Å². The van der Waals surface area contributed by atoms with E-state index in [0.717, 1.165) is 4.42 Å². The van der Waals surface area contributed by atoms with Crippen molar-refractivity contribution >= 4 is 58.5 Å². The molecule has 0 spiro atoms. The average Bonchev–Trinajstić information content (AvgIpc) is 2.91. The van der Waals surface area contributed by atoms with Crippen molar-refractivity contribution in [2.45, 2.75) is 37.0 Å². The van der Waals surface area contributed by atoms with Crippen LogP contribution in [0.2, 0.25) is 5.02 Å². The van der Waals surface area contributed by atoms with E-state index >= 15 is 0 Å². The number of halogens is 2. The van der Waals surface area contributed by atoms with Crippen LogP contribution in [0.25, 0.3) is 0 Å². The van der Waals surface area contributed by atoms with E-state index in [4.69, 9.17) is 51.3 Å². The summed E-state index contributed by atoms with van der Waals surface area (Å²) >= 11 is 12.2. The van der Waals surface area contributed by atoms with Gasteiger partial charge in [0.15, 0.2) is 0 Å². The Morgan fingerprint density at radius 2 is 1.37 bits per heavy atom. The zero-order chi connectivity index (χ0) is 29.3. The number of hydrogen-bond donors (Lipinski definition) is 6. The second-order valence-corrected chi connectivity index (χ2v) is 11.3. The van der Waals surface area contributed by atoms with Gasteiger partial charge in [-0.3, -0.25) is 4.79 Å². The fourth-order valence-corrected chi connectivity index (χ4v) is 5.42. The van der Waals surface area contributed by atoms with Crippen molar-refractivity contribution in [2.75, 3.05) is 45.7 Å². The van der Waals surface area contributed by atoms with E-state index < -0.39 is 5.91 Å². The molecule has 3 heterocycles. The van der Waals surface area contributed by atoms with Crippen LogP contribution in [0.3, 0.4) is 0 Å². The Kier molecular flexibility index (Phi) is 8.63. The lowest BCUT2D eigenvalue weighted by Gasteiger charge is -2.37. The molecule has 3 aromatic rings. The van der Waals surface area contributed by atoms with Crippen molar-refractivity contribution in [3.05, 3.63) is 53.1 Å². The van der Waals surface area contributed by atoms with Gasteiger partial charge in [-0.15, -0.1) is 0 Å². The fraction of sp³-hybridized carbons (Fsp3) is 0.385. The summed E-state index contributed by atoms with van der Waals surface area (Å²) in [5.74, 6) is 0.151. The first-order chi connectivity index (χ1) is 19.5. The summed E-state index contributed by atoms with van der Waals surface area (Å²) in [6.45, 7) is 2.15. The molecule has 2 fully saturated rings. The third-order valence-corrected chi connectivity index (χ3v) is 7.52.